The molecule has 0 bridgehead atoms. The average Bonchev–Trinajstić information content (AvgIpc) is 2.32. The second-order valence-electron chi connectivity index (χ2n) is 4.49. The number of aromatic nitrogens is 2. The number of halogens is 1. The van der Waals surface area contributed by atoms with Crippen molar-refractivity contribution in [3.63, 3.8) is 0 Å². The number of rotatable bonds is 5. The van der Waals surface area contributed by atoms with E-state index >= 15 is 0 Å². The molecule has 0 saturated heterocycles. The lowest BCUT2D eigenvalue weighted by atomic mass is 10.1. The van der Waals surface area contributed by atoms with Gasteiger partial charge in [-0.15, -0.1) is 0 Å². The number of nitrogens with zero attached hydrogens (tertiary/aromatic N) is 1. The Hall–Kier alpha value is -1.90. The lowest BCUT2D eigenvalue weighted by Crippen LogP contribution is -2.46. The molecule has 1 aromatic heterocycles. The Balaban J connectivity index is 2.86. The second kappa shape index (κ2) is 6.51. The number of hydrogen-bond acceptors (Lipinski definition) is 4. The molecule has 9 heteroatoms. The van der Waals surface area contributed by atoms with E-state index in [0.717, 1.165) is 4.57 Å². The molecular weight excluding hydrogens is 334 g/mol. The number of carboxylic acid groups (broad SMARTS) is 1. The lowest BCUT2D eigenvalue weighted by Gasteiger charge is -2.18. The molecule has 1 heterocycles. The minimum atomic E-state index is -1.15. The van der Waals surface area contributed by atoms with E-state index in [-0.39, 0.29) is 16.9 Å². The average molecular weight is 348 g/mol. The zero-order valence-corrected chi connectivity index (χ0v) is 12.4. The van der Waals surface area contributed by atoms with Crippen molar-refractivity contribution in [1.29, 1.82) is 0 Å². The van der Waals surface area contributed by atoms with Gasteiger partial charge in [-0.2, -0.15) is 0 Å². The van der Waals surface area contributed by atoms with Crippen molar-refractivity contribution in [3.8, 4) is 0 Å². The smallest absolute Gasteiger partial charge is 0.328 e. The Morgan fingerprint density at radius 3 is 2.55 bits per heavy atom. The highest BCUT2D eigenvalue weighted by Gasteiger charge is 2.23. The van der Waals surface area contributed by atoms with Crippen molar-refractivity contribution in [2.24, 2.45) is 5.92 Å². The number of aliphatic carboxylic acids is 1. The van der Waals surface area contributed by atoms with Crippen molar-refractivity contribution in [1.82, 2.24) is 14.9 Å². The van der Waals surface area contributed by atoms with Crippen LogP contribution in [0.1, 0.15) is 13.8 Å². The standard InChI is InChI=1S/C11H14BrN3O5/c1-5(2)8(10(18)19)13-7(16)4-15-3-6(12)9(17)14-11(15)20/h3,5,8H,4H2,1-2H3,(H,13,16)(H,18,19)(H,14,17,20)/t8-/m1/s1. The van der Waals surface area contributed by atoms with E-state index in [2.05, 4.69) is 21.2 Å². The lowest BCUT2D eigenvalue weighted by molar-refractivity contribution is -0.143. The number of hydrogen-bond donors (Lipinski definition) is 3. The van der Waals surface area contributed by atoms with E-state index in [1.165, 1.54) is 6.20 Å². The summed E-state index contributed by atoms with van der Waals surface area (Å²) >= 11 is 2.94. The van der Waals surface area contributed by atoms with Gasteiger partial charge in [-0.25, -0.2) is 9.59 Å². The summed E-state index contributed by atoms with van der Waals surface area (Å²) in [4.78, 5) is 47.3. The number of aromatic amines is 1. The summed E-state index contributed by atoms with van der Waals surface area (Å²) in [6, 6.07) is -1.04. The number of carbonyl (C=O) groups excluding carboxylic acids is 1. The number of amides is 1. The van der Waals surface area contributed by atoms with Crippen LogP contribution in [0.15, 0.2) is 20.3 Å². The highest BCUT2D eigenvalue weighted by Crippen LogP contribution is 2.02. The molecule has 0 aliphatic carbocycles. The molecule has 0 aliphatic heterocycles. The van der Waals surface area contributed by atoms with Gasteiger partial charge in [-0.1, -0.05) is 13.8 Å². The maximum Gasteiger partial charge on any atom is 0.328 e. The van der Waals surface area contributed by atoms with Gasteiger partial charge in [-0.05, 0) is 21.8 Å². The second-order valence-corrected chi connectivity index (χ2v) is 5.35. The first-order valence-electron chi connectivity index (χ1n) is 5.73. The Labute approximate surface area is 121 Å². The van der Waals surface area contributed by atoms with Crippen LogP contribution in [0.25, 0.3) is 0 Å². The zero-order valence-electron chi connectivity index (χ0n) is 10.8. The molecule has 0 aliphatic rings. The fourth-order valence-electron chi connectivity index (χ4n) is 1.49. The number of carbonyl (C=O) groups is 2. The zero-order chi connectivity index (χ0) is 15.4. The van der Waals surface area contributed by atoms with Crippen LogP contribution in [0.3, 0.4) is 0 Å². The Morgan fingerprint density at radius 2 is 2.05 bits per heavy atom. The summed E-state index contributed by atoms with van der Waals surface area (Å²) in [5, 5.41) is 11.3. The summed E-state index contributed by atoms with van der Waals surface area (Å²) in [5.41, 5.74) is -1.35. The number of carboxylic acids is 1. The number of H-pyrrole nitrogens is 1. The Morgan fingerprint density at radius 1 is 1.45 bits per heavy atom. The van der Waals surface area contributed by atoms with Crippen molar-refractivity contribution in [2.45, 2.75) is 26.4 Å². The maximum absolute atomic E-state index is 11.7. The third kappa shape index (κ3) is 4.05. The van der Waals surface area contributed by atoms with Crippen molar-refractivity contribution < 1.29 is 14.7 Å². The van der Waals surface area contributed by atoms with E-state index in [1.54, 1.807) is 13.8 Å². The molecule has 8 nitrogen and oxygen atoms in total. The fraction of sp³-hybridized carbons (Fsp3) is 0.455. The van der Waals surface area contributed by atoms with Gasteiger partial charge in [0.1, 0.15) is 12.6 Å². The molecule has 1 rings (SSSR count). The van der Waals surface area contributed by atoms with Gasteiger partial charge < -0.3 is 10.4 Å². The highest BCUT2D eigenvalue weighted by atomic mass is 79.9. The molecule has 20 heavy (non-hydrogen) atoms. The van der Waals surface area contributed by atoms with Crippen molar-refractivity contribution >= 4 is 27.8 Å². The fourth-order valence-corrected chi connectivity index (χ4v) is 1.83. The summed E-state index contributed by atoms with van der Waals surface area (Å²) in [6.45, 7) is 2.92. The summed E-state index contributed by atoms with van der Waals surface area (Å²) in [6.07, 6.45) is 1.17. The molecule has 110 valence electrons. The first kappa shape index (κ1) is 16.2. The highest BCUT2D eigenvalue weighted by molar-refractivity contribution is 9.10. The SMILES string of the molecule is CC(C)[C@@H](NC(=O)Cn1cc(Br)c(=O)[nH]c1=O)C(=O)O. The molecular formula is C11H14BrN3O5. The third-order valence-electron chi connectivity index (χ3n) is 2.53. The molecule has 0 fully saturated rings. The third-order valence-corrected chi connectivity index (χ3v) is 3.10. The van der Waals surface area contributed by atoms with Crippen LogP contribution in [-0.4, -0.2) is 32.6 Å². The van der Waals surface area contributed by atoms with Crippen LogP contribution in [0, 0.1) is 5.92 Å². The normalized spacial score (nSPS) is 12.2. The van der Waals surface area contributed by atoms with Gasteiger partial charge in [0.15, 0.2) is 0 Å². The molecule has 0 aromatic carbocycles. The summed E-state index contributed by atoms with van der Waals surface area (Å²) < 4.78 is 1.07. The monoisotopic (exact) mass is 347 g/mol. The van der Waals surface area contributed by atoms with E-state index in [4.69, 9.17) is 5.11 Å². The van der Waals surface area contributed by atoms with Crippen LogP contribution in [0.5, 0.6) is 0 Å². The summed E-state index contributed by atoms with van der Waals surface area (Å²) in [5.74, 6) is -2.08. The minimum Gasteiger partial charge on any atom is -0.480 e. The largest absolute Gasteiger partial charge is 0.480 e. The minimum absolute atomic E-state index is 0.101. The molecule has 1 atom stereocenters. The van der Waals surface area contributed by atoms with Gasteiger partial charge in [0, 0.05) is 6.20 Å². The van der Waals surface area contributed by atoms with Crippen molar-refractivity contribution in [2.75, 3.05) is 0 Å². The van der Waals surface area contributed by atoms with Crippen LogP contribution < -0.4 is 16.6 Å². The molecule has 0 radical (unpaired) electrons. The van der Waals surface area contributed by atoms with Gasteiger partial charge in [0.25, 0.3) is 5.56 Å². The first-order valence-corrected chi connectivity index (χ1v) is 6.53. The molecule has 0 saturated carbocycles. The number of nitrogens with one attached hydrogen (secondary N) is 2. The van der Waals surface area contributed by atoms with Crippen LogP contribution in [-0.2, 0) is 16.1 Å². The van der Waals surface area contributed by atoms with Crippen LogP contribution in [0.2, 0.25) is 0 Å². The van der Waals surface area contributed by atoms with Gasteiger partial charge in [-0.3, -0.25) is 19.1 Å². The van der Waals surface area contributed by atoms with E-state index in [0.29, 0.717) is 0 Å². The molecule has 0 unspecified atom stereocenters. The Kier molecular flexibility index (Phi) is 5.26. The molecule has 1 amide bonds. The van der Waals surface area contributed by atoms with E-state index in [9.17, 15) is 19.2 Å². The van der Waals surface area contributed by atoms with Crippen molar-refractivity contribution in [3.05, 3.63) is 31.5 Å². The quantitative estimate of drug-likeness (QED) is 0.664. The predicted molar refractivity (Wildman–Crippen MR) is 73.4 cm³/mol. The topological polar surface area (TPSA) is 121 Å². The van der Waals surface area contributed by atoms with E-state index < -0.39 is 29.2 Å². The molecule has 1 aromatic rings. The van der Waals surface area contributed by atoms with Gasteiger partial charge in [0.2, 0.25) is 5.91 Å². The maximum atomic E-state index is 11.7. The van der Waals surface area contributed by atoms with E-state index in [1.807, 2.05) is 4.98 Å². The van der Waals surface area contributed by atoms with Crippen LogP contribution in [0.4, 0.5) is 0 Å². The van der Waals surface area contributed by atoms with Crippen LogP contribution >= 0.6 is 15.9 Å². The molecule has 3 N–H and O–H groups in total. The predicted octanol–water partition coefficient (Wildman–Crippen LogP) is -0.476. The molecule has 0 spiro atoms. The summed E-state index contributed by atoms with van der Waals surface area (Å²) in [7, 11) is 0. The van der Waals surface area contributed by atoms with Gasteiger partial charge in [0.05, 0.1) is 4.47 Å². The Bertz CT molecular complexity index is 634. The van der Waals surface area contributed by atoms with Gasteiger partial charge >= 0.3 is 11.7 Å². The first-order chi connectivity index (χ1) is 9.22.